The lowest BCUT2D eigenvalue weighted by Crippen LogP contribution is -2.45. The second kappa shape index (κ2) is 7.16. The third-order valence-electron chi connectivity index (χ3n) is 2.33. The Bertz CT molecular complexity index is 250. The Morgan fingerprint density at radius 3 is 2.13 bits per heavy atom. The van der Waals surface area contributed by atoms with Crippen molar-refractivity contribution in [3.8, 4) is 0 Å². The highest BCUT2D eigenvalue weighted by atomic mass is 32.2. The van der Waals surface area contributed by atoms with E-state index in [0.29, 0.717) is 25.9 Å². The molecule has 1 unspecified atom stereocenters. The van der Waals surface area contributed by atoms with E-state index in [1.807, 2.05) is 6.92 Å². The van der Waals surface area contributed by atoms with E-state index < -0.39 is 10.2 Å². The summed E-state index contributed by atoms with van der Waals surface area (Å²) in [5, 5.41) is 8.77. The van der Waals surface area contributed by atoms with Crippen molar-refractivity contribution in [3.63, 3.8) is 0 Å². The van der Waals surface area contributed by atoms with E-state index in [0.717, 1.165) is 0 Å². The zero-order valence-corrected chi connectivity index (χ0v) is 10.5. The predicted octanol–water partition coefficient (Wildman–Crippen LogP) is 0.324. The molecule has 0 rings (SSSR count). The summed E-state index contributed by atoms with van der Waals surface area (Å²) < 4.78 is 27.5. The van der Waals surface area contributed by atoms with Crippen LogP contribution in [0.15, 0.2) is 0 Å². The van der Waals surface area contributed by atoms with Crippen LogP contribution in [0.2, 0.25) is 0 Å². The average Bonchev–Trinajstić information content (AvgIpc) is 2.18. The fourth-order valence-corrected chi connectivity index (χ4v) is 2.89. The van der Waals surface area contributed by atoms with Gasteiger partial charge in [-0.3, -0.25) is 0 Å². The van der Waals surface area contributed by atoms with Gasteiger partial charge in [0.15, 0.2) is 0 Å². The van der Waals surface area contributed by atoms with Crippen LogP contribution in [0.1, 0.15) is 33.6 Å². The van der Waals surface area contributed by atoms with Crippen molar-refractivity contribution in [1.29, 1.82) is 0 Å². The molecule has 0 aliphatic carbocycles. The van der Waals surface area contributed by atoms with Gasteiger partial charge in [-0.2, -0.15) is 17.4 Å². The molecule has 0 fully saturated rings. The Morgan fingerprint density at radius 2 is 1.80 bits per heavy atom. The normalized spacial score (nSPS) is 14.5. The Labute approximate surface area is 92.7 Å². The van der Waals surface area contributed by atoms with Crippen molar-refractivity contribution in [3.05, 3.63) is 0 Å². The minimum absolute atomic E-state index is 0.000718. The van der Waals surface area contributed by atoms with E-state index in [1.54, 1.807) is 13.8 Å². The van der Waals surface area contributed by atoms with Gasteiger partial charge >= 0.3 is 0 Å². The fourth-order valence-electron chi connectivity index (χ4n) is 1.35. The van der Waals surface area contributed by atoms with Gasteiger partial charge in [0.1, 0.15) is 0 Å². The third-order valence-corrected chi connectivity index (χ3v) is 4.16. The monoisotopic (exact) mass is 238 g/mol. The van der Waals surface area contributed by atoms with Gasteiger partial charge in [0.25, 0.3) is 10.2 Å². The van der Waals surface area contributed by atoms with E-state index in [1.165, 1.54) is 4.31 Å². The summed E-state index contributed by atoms with van der Waals surface area (Å²) in [4.78, 5) is 0. The quantitative estimate of drug-likeness (QED) is 0.640. The van der Waals surface area contributed by atoms with Gasteiger partial charge in [-0.05, 0) is 12.8 Å². The summed E-state index contributed by atoms with van der Waals surface area (Å²) >= 11 is 0. The van der Waals surface area contributed by atoms with Gasteiger partial charge in [0.05, 0.1) is 0 Å². The molecule has 0 aromatic carbocycles. The Kier molecular flexibility index (Phi) is 7.08. The number of aliphatic hydroxyl groups excluding tert-OH is 1. The summed E-state index contributed by atoms with van der Waals surface area (Å²) in [6.45, 7) is 6.42. The first-order valence-electron chi connectivity index (χ1n) is 5.40. The van der Waals surface area contributed by atoms with Crippen LogP contribution in [0, 0.1) is 0 Å². The summed E-state index contributed by atoms with van der Waals surface area (Å²) in [6.07, 6.45) is 1.14. The first-order valence-corrected chi connectivity index (χ1v) is 6.84. The Hall–Kier alpha value is -0.170. The molecule has 15 heavy (non-hydrogen) atoms. The minimum Gasteiger partial charge on any atom is -0.396 e. The van der Waals surface area contributed by atoms with E-state index >= 15 is 0 Å². The van der Waals surface area contributed by atoms with Crippen LogP contribution >= 0.6 is 0 Å². The number of hydrogen-bond acceptors (Lipinski definition) is 3. The number of nitrogens with zero attached hydrogens (tertiary/aromatic N) is 1. The number of rotatable bonds is 8. The van der Waals surface area contributed by atoms with Crippen LogP contribution in [0.3, 0.4) is 0 Å². The Balaban J connectivity index is 4.46. The molecule has 0 heterocycles. The molecule has 5 nitrogen and oxygen atoms in total. The van der Waals surface area contributed by atoms with Gasteiger partial charge in [-0.1, -0.05) is 20.8 Å². The lowest BCUT2D eigenvalue weighted by atomic mass is 10.2. The Morgan fingerprint density at radius 1 is 1.27 bits per heavy atom. The summed E-state index contributed by atoms with van der Waals surface area (Å²) in [7, 11) is -3.38. The molecule has 1 atom stereocenters. The van der Waals surface area contributed by atoms with Crippen LogP contribution < -0.4 is 4.72 Å². The van der Waals surface area contributed by atoms with E-state index in [4.69, 9.17) is 5.11 Å². The smallest absolute Gasteiger partial charge is 0.279 e. The van der Waals surface area contributed by atoms with Crippen molar-refractivity contribution in [1.82, 2.24) is 9.03 Å². The molecule has 0 aliphatic heterocycles. The number of aliphatic hydroxyl groups is 1. The van der Waals surface area contributed by atoms with E-state index in [-0.39, 0.29) is 12.6 Å². The molecular weight excluding hydrogens is 216 g/mol. The molecule has 0 aromatic heterocycles. The van der Waals surface area contributed by atoms with Crippen molar-refractivity contribution < 1.29 is 13.5 Å². The van der Waals surface area contributed by atoms with Crippen molar-refractivity contribution in [2.75, 3.05) is 19.7 Å². The molecule has 0 spiro atoms. The molecular formula is C9H22N2O3S. The average molecular weight is 238 g/mol. The van der Waals surface area contributed by atoms with Crippen molar-refractivity contribution in [2.45, 2.75) is 39.7 Å². The molecule has 0 bridgehead atoms. The van der Waals surface area contributed by atoms with Crippen molar-refractivity contribution in [2.24, 2.45) is 0 Å². The topological polar surface area (TPSA) is 69.6 Å². The first-order chi connectivity index (χ1) is 7.01. The third kappa shape index (κ3) is 4.92. The zero-order chi connectivity index (χ0) is 11.9. The summed E-state index contributed by atoms with van der Waals surface area (Å²) in [5.74, 6) is 0. The van der Waals surface area contributed by atoms with Crippen LogP contribution in [0.4, 0.5) is 0 Å². The minimum atomic E-state index is -3.38. The SMILES string of the molecule is CCC(CCO)NS(=O)(=O)N(CC)CC. The lowest BCUT2D eigenvalue weighted by molar-refractivity contribution is 0.269. The van der Waals surface area contributed by atoms with Gasteiger partial charge in [-0.25, -0.2) is 0 Å². The molecule has 2 N–H and O–H groups in total. The second-order valence-electron chi connectivity index (χ2n) is 3.32. The molecule has 0 saturated carbocycles. The molecule has 0 saturated heterocycles. The summed E-state index contributed by atoms with van der Waals surface area (Å²) in [6, 6.07) is -0.180. The lowest BCUT2D eigenvalue weighted by Gasteiger charge is -2.23. The van der Waals surface area contributed by atoms with Gasteiger partial charge in [0.2, 0.25) is 0 Å². The first kappa shape index (κ1) is 14.8. The second-order valence-corrected chi connectivity index (χ2v) is 5.03. The highest BCUT2D eigenvalue weighted by Gasteiger charge is 2.21. The van der Waals surface area contributed by atoms with Gasteiger partial charge in [0, 0.05) is 25.7 Å². The molecule has 0 amide bonds. The number of hydrogen-bond donors (Lipinski definition) is 2. The highest BCUT2D eigenvalue weighted by Crippen LogP contribution is 2.03. The maximum absolute atomic E-state index is 11.8. The zero-order valence-electron chi connectivity index (χ0n) is 9.73. The fraction of sp³-hybridized carbons (Fsp3) is 1.00. The van der Waals surface area contributed by atoms with Crippen LogP contribution in [-0.2, 0) is 10.2 Å². The van der Waals surface area contributed by atoms with Crippen molar-refractivity contribution >= 4 is 10.2 Å². The highest BCUT2D eigenvalue weighted by molar-refractivity contribution is 7.87. The summed E-state index contributed by atoms with van der Waals surface area (Å²) in [5.41, 5.74) is 0. The number of nitrogens with one attached hydrogen (secondary N) is 1. The maximum Gasteiger partial charge on any atom is 0.279 e. The van der Waals surface area contributed by atoms with E-state index in [9.17, 15) is 8.42 Å². The molecule has 0 aliphatic rings. The predicted molar refractivity (Wildman–Crippen MR) is 60.8 cm³/mol. The molecule has 6 heteroatoms. The van der Waals surface area contributed by atoms with Crippen LogP contribution in [0.25, 0.3) is 0 Å². The molecule has 92 valence electrons. The molecule has 0 radical (unpaired) electrons. The van der Waals surface area contributed by atoms with Gasteiger partial charge in [-0.15, -0.1) is 0 Å². The largest absolute Gasteiger partial charge is 0.396 e. The van der Waals surface area contributed by atoms with Gasteiger partial charge < -0.3 is 5.11 Å². The van der Waals surface area contributed by atoms with E-state index in [2.05, 4.69) is 4.72 Å². The van der Waals surface area contributed by atoms with Crippen LogP contribution in [-0.4, -0.2) is 43.6 Å². The van der Waals surface area contributed by atoms with Crippen LogP contribution in [0.5, 0.6) is 0 Å². The standard InChI is InChI=1S/C9H22N2O3S/c1-4-9(7-8-12)10-15(13,14)11(5-2)6-3/h9-10,12H,4-8H2,1-3H3. The maximum atomic E-state index is 11.8. The molecule has 0 aromatic rings.